The van der Waals surface area contributed by atoms with Gasteiger partial charge in [-0.25, -0.2) is 36.2 Å². The number of aliphatic imine (C=N–C) groups is 2. The first-order valence-corrected chi connectivity index (χ1v) is 35.7. The zero-order chi connectivity index (χ0) is 75.2. The molecule has 0 aliphatic carbocycles. The molecule has 0 radical (unpaired) electrons. The Morgan fingerprint density at radius 3 is 1.35 bits per heavy atom. The highest BCUT2D eigenvalue weighted by molar-refractivity contribution is 7.44. The smallest absolute Gasteiger partial charge is 0.280 e. The molecular weight excluding hydrogens is 1380 g/mol. The number of morpholine rings is 3. The Hall–Kier alpha value is -9.79. The van der Waals surface area contributed by atoms with Crippen LogP contribution in [0, 0.1) is 27.3 Å². The average Bonchev–Trinajstić information content (AvgIpc) is 1.56. The van der Waals surface area contributed by atoms with Crippen molar-refractivity contribution in [3.05, 3.63) is 78.9 Å². The topological polar surface area (TPSA) is 444 Å². The number of imidazole rings is 3. The van der Waals surface area contributed by atoms with E-state index in [0.29, 0.717) is 73.7 Å². The third-order valence-electron chi connectivity index (χ3n) is 20.2. The van der Waals surface area contributed by atoms with Crippen molar-refractivity contribution in [3.63, 3.8) is 0 Å². The summed E-state index contributed by atoms with van der Waals surface area (Å²) in [6.07, 6.45) is 5.63. The summed E-state index contributed by atoms with van der Waals surface area (Å²) >= 11 is 0. The third-order valence-corrected chi connectivity index (χ3v) is 22.3. The lowest BCUT2D eigenvalue weighted by Gasteiger charge is -2.38. The van der Waals surface area contributed by atoms with E-state index in [4.69, 9.17) is 45.6 Å². The Bertz CT molecular complexity index is 4920. The van der Waals surface area contributed by atoms with Crippen molar-refractivity contribution in [2.24, 2.45) is 31.1 Å². The van der Waals surface area contributed by atoms with Crippen molar-refractivity contribution >= 4 is 90.4 Å². The van der Waals surface area contributed by atoms with Gasteiger partial charge >= 0.3 is 0 Å². The largest absolute Gasteiger partial charge is 0.388 e. The van der Waals surface area contributed by atoms with Crippen molar-refractivity contribution in [1.29, 1.82) is 0 Å². The lowest BCUT2D eigenvalue weighted by atomic mass is 9.96. The molecule has 6 bridgehead atoms. The van der Waals surface area contributed by atoms with E-state index in [0.717, 1.165) is 17.5 Å². The summed E-state index contributed by atoms with van der Waals surface area (Å²) in [4.78, 5) is 107. The molecule has 42 heteroatoms. The number of aromatic amines is 3. The van der Waals surface area contributed by atoms with E-state index >= 15 is 0 Å². The maximum absolute atomic E-state index is 13.0. The van der Waals surface area contributed by atoms with Crippen LogP contribution in [-0.2, 0) is 44.4 Å². The first-order chi connectivity index (χ1) is 50.0. The number of aryl methyl sites for hydroxylation is 6. The van der Waals surface area contributed by atoms with Crippen molar-refractivity contribution in [2.75, 3.05) is 81.4 Å². The maximum Gasteiger partial charge on any atom is 0.280 e. The number of aliphatic hydroxyl groups excluding tert-OH is 2. The molecule has 6 aliphatic rings. The van der Waals surface area contributed by atoms with Crippen LogP contribution in [0.3, 0.4) is 0 Å². The fourth-order valence-electron chi connectivity index (χ4n) is 14.6. The van der Waals surface area contributed by atoms with Gasteiger partial charge in [0.05, 0.1) is 51.3 Å². The van der Waals surface area contributed by atoms with E-state index in [-0.39, 0.29) is 59.6 Å². The Balaban J connectivity index is 0.000000144. The molecule has 562 valence electrons. The minimum atomic E-state index is -1.58. The van der Waals surface area contributed by atoms with Crippen molar-refractivity contribution in [2.45, 2.75) is 173 Å². The van der Waals surface area contributed by atoms with Crippen LogP contribution in [0.4, 0.5) is 35.7 Å². The minimum absolute atomic E-state index is 0.00738. The molecule has 15 heterocycles. The van der Waals surface area contributed by atoms with E-state index in [1.54, 1.807) is 56.6 Å². The first kappa shape index (κ1) is 73.5. The second kappa shape index (κ2) is 28.3. The summed E-state index contributed by atoms with van der Waals surface area (Å²) in [7, 11) is 11.2. The predicted octanol–water partition coefficient (Wildman–Crippen LogP) is 1.78. The van der Waals surface area contributed by atoms with Crippen LogP contribution < -0.4 is 37.1 Å². The SMILES string of the molecule is CC[C@@]12CN(c3nc(C)n(C)n3)[C@@H]([C@H](n3cnc4c(=O)[nH]c(N)nc43)O1)[C@@H]2O.CC[C@@]12CN(c3nc(C)n(C)n3)[C@@H]([C@H](n3cnc4c(=O)[nH]c(N=CN(C)C)nc43)O1)[C@@H]2O.[C-]#[N+]CCOP(O[C@H]1[C@@H]2[C@H](n3cnc4c(=O)[nH]c(N=CN(C)C)nc43)O[C@@]1(CC)CN2c1nc(C)n(C)n1)N(C(C)C)C(C)C. The molecule has 6 saturated heterocycles. The average molecular weight is 1470 g/mol. The molecule has 1 unspecified atom stereocenters. The zero-order valence-corrected chi connectivity index (χ0v) is 62.5. The summed E-state index contributed by atoms with van der Waals surface area (Å²) in [5, 5.41) is 36.0. The summed E-state index contributed by atoms with van der Waals surface area (Å²) in [5.41, 5.74) is 3.69. The second-order valence-corrected chi connectivity index (χ2v) is 29.3. The molecule has 13 atom stereocenters. The Morgan fingerprint density at radius 1 is 0.619 bits per heavy atom. The number of nitrogens with zero attached hydrogens (tertiary/aromatic N) is 27. The molecule has 6 fully saturated rings. The van der Waals surface area contributed by atoms with E-state index in [2.05, 4.69) is 124 Å². The first-order valence-electron chi connectivity index (χ1n) is 34.6. The maximum atomic E-state index is 13.0. The lowest BCUT2D eigenvalue weighted by molar-refractivity contribution is -0.104. The molecule has 7 N–H and O–H groups in total. The quantitative estimate of drug-likeness (QED) is 0.0196. The molecule has 6 aliphatic heterocycles. The number of nitrogens with one attached hydrogen (secondary N) is 3. The molecule has 0 saturated carbocycles. The van der Waals surface area contributed by atoms with Gasteiger partial charge in [0.1, 0.15) is 77.3 Å². The zero-order valence-electron chi connectivity index (χ0n) is 61.7. The molecule has 0 spiro atoms. The highest BCUT2D eigenvalue weighted by atomic mass is 31.2. The highest BCUT2D eigenvalue weighted by Gasteiger charge is 2.68. The monoisotopic (exact) mass is 1470 g/mol. The van der Waals surface area contributed by atoms with Gasteiger partial charge in [0.2, 0.25) is 42.2 Å². The second-order valence-electron chi connectivity index (χ2n) is 27.9. The fourth-order valence-corrected chi connectivity index (χ4v) is 16.4. The Morgan fingerprint density at radius 2 is 0.990 bits per heavy atom. The standard InChI is InChI=1S/C28H43N12O4P.C19H26N10O3.C16H21N9O3/c1-11-28-14-38(27-32-19(6)37(10)35-27)21(22(28)44-45(42-13-12-29-7)40(17(2)3)18(4)5)25(43-28)39-16-30-20-23(39)33-26(34-24(20)41)31-15-36(8)9;1-6-19-7-28(18-22-10(2)27(5)25-18)12(13(19)30)16(32-19)29-9-20-11-14(29)23-17(24-15(11)31)21-8-26(3)4;1-4-16-5-24(15-19-7(2)23(3)22-15)9(10(16)26)13(28-16)25-6-18-8-11(25)20-14(17)21-12(8)27/h15-18,21-22,25H,11-14H2,1-6,8-10H3,(H,33,34,41);8-9,12-13,16,30H,6-7H2,1-5H3,(H,23,24,31);6,9-10,13,26H,4-5H2,1-3H3,(H3,17,20,21,27)/t21-,22+,25-,28+,45?;12-,13+,16-,19+;9-,10+,13-,16+/m111/s1. The van der Waals surface area contributed by atoms with Gasteiger partial charge in [0.15, 0.2) is 52.2 Å². The fraction of sp³-hybridized carbons (Fsp3) is 0.619. The van der Waals surface area contributed by atoms with Gasteiger partial charge in [-0.1, -0.05) is 20.8 Å². The molecule has 15 rings (SSSR count). The van der Waals surface area contributed by atoms with Crippen LogP contribution in [0.15, 0.2) is 43.4 Å². The van der Waals surface area contributed by atoms with Crippen molar-refractivity contribution in [3.8, 4) is 0 Å². The summed E-state index contributed by atoms with van der Waals surface area (Å²) < 4.78 is 45.5. The molecule has 9 aromatic heterocycles. The number of anilines is 4. The van der Waals surface area contributed by atoms with Gasteiger partial charge in [0.25, 0.3) is 25.2 Å². The number of aliphatic hydroxyl groups is 2. The number of nitrogen functional groups attached to an aromatic ring is 1. The van der Waals surface area contributed by atoms with Gasteiger partial charge in [0, 0.05) is 61.4 Å². The van der Waals surface area contributed by atoms with Gasteiger partial charge in [-0.2, -0.15) is 29.9 Å². The van der Waals surface area contributed by atoms with Gasteiger partial charge < -0.3 is 68.5 Å². The van der Waals surface area contributed by atoms with Crippen LogP contribution in [0.1, 0.15) is 104 Å². The van der Waals surface area contributed by atoms with E-state index in [9.17, 15) is 24.6 Å². The van der Waals surface area contributed by atoms with Crippen LogP contribution in [0.25, 0.3) is 38.3 Å². The van der Waals surface area contributed by atoms with E-state index in [1.807, 2.05) is 93.8 Å². The van der Waals surface area contributed by atoms with Crippen molar-refractivity contribution < 1.29 is 33.5 Å². The number of nitrogens with two attached hydrogens (primary N) is 1. The van der Waals surface area contributed by atoms with Crippen LogP contribution >= 0.6 is 8.53 Å². The number of rotatable bonds is 21. The Labute approximate surface area is 602 Å². The summed E-state index contributed by atoms with van der Waals surface area (Å²) in [6, 6.07) is -1.09. The molecule has 9 aromatic rings. The lowest BCUT2D eigenvalue weighted by Crippen LogP contribution is -2.46. The Kier molecular flexibility index (Phi) is 19.8. The van der Waals surface area contributed by atoms with E-state index < -0.39 is 97.1 Å². The third kappa shape index (κ3) is 12.9. The highest BCUT2D eigenvalue weighted by Crippen LogP contribution is 2.58. The molecule has 41 nitrogen and oxygen atoms in total. The normalized spacial score (nSPS) is 26.3. The number of fused-ring (bicyclic) bond motifs is 9. The van der Waals surface area contributed by atoms with Gasteiger partial charge in [-0.05, 0) is 67.7 Å². The molecule has 105 heavy (non-hydrogen) atoms. The van der Waals surface area contributed by atoms with Gasteiger partial charge in [-0.15, -0.1) is 15.3 Å². The van der Waals surface area contributed by atoms with E-state index in [1.165, 1.54) is 12.7 Å². The molecule has 0 amide bonds. The number of hydrogen-bond acceptors (Lipinski definition) is 29. The number of hydrogen-bond donors (Lipinski definition) is 6. The molecular formula is C63H90N31O10P. The number of aromatic nitrogens is 21. The number of ether oxygens (including phenoxy) is 3. The van der Waals surface area contributed by atoms with Crippen LogP contribution in [0.2, 0.25) is 0 Å². The van der Waals surface area contributed by atoms with Crippen LogP contribution in [-0.4, -0.2) is 267 Å². The van der Waals surface area contributed by atoms with Crippen molar-refractivity contribution in [1.82, 2.24) is 117 Å². The molecule has 0 aromatic carbocycles. The summed E-state index contributed by atoms with van der Waals surface area (Å²) in [5.74, 6) is 4.24. The summed E-state index contributed by atoms with van der Waals surface area (Å²) in [6.45, 7) is 29.3. The number of H-pyrrole nitrogens is 3. The minimum Gasteiger partial charge on any atom is -0.388 e. The van der Waals surface area contributed by atoms with Crippen LogP contribution in [0.5, 0.6) is 0 Å². The van der Waals surface area contributed by atoms with Gasteiger partial charge in [-0.3, -0.25) is 57.1 Å². The predicted molar refractivity (Wildman–Crippen MR) is 386 cm³/mol.